The van der Waals surface area contributed by atoms with Crippen LogP contribution in [0, 0.1) is 0 Å². The zero-order valence-corrected chi connectivity index (χ0v) is 16.6. The first-order chi connectivity index (χ1) is 11.2. The lowest BCUT2D eigenvalue weighted by Crippen LogP contribution is -2.50. The molecule has 0 bridgehead atoms. The van der Waals surface area contributed by atoms with Crippen LogP contribution in [0.25, 0.3) is 0 Å². The molecule has 1 aliphatic rings. The zero-order valence-electron chi connectivity index (χ0n) is 15.6. The monoisotopic (exact) mass is 351 g/mol. The van der Waals surface area contributed by atoms with Gasteiger partial charge in [0.05, 0.1) is 12.8 Å². The molecule has 0 unspecified atom stereocenters. The average molecular weight is 352 g/mol. The fraction of sp³-hybridized carbons (Fsp3) is 0.556. The van der Waals surface area contributed by atoms with E-state index < -0.39 is 14.1 Å². The summed E-state index contributed by atoms with van der Waals surface area (Å²) in [6.07, 6.45) is 0.669. The Balaban J connectivity index is 2.30. The second-order valence-electron chi connectivity index (χ2n) is 6.91. The number of allylic oxidation sites excluding steroid dienone is 1. The van der Waals surface area contributed by atoms with E-state index in [1.165, 1.54) is 5.23 Å². The molecule has 1 fully saturated rings. The van der Waals surface area contributed by atoms with E-state index in [-0.39, 0.29) is 5.92 Å². The van der Waals surface area contributed by atoms with E-state index in [0.29, 0.717) is 6.42 Å². The van der Waals surface area contributed by atoms with Gasteiger partial charge in [-0.3, -0.25) is 4.53 Å². The molecule has 0 amide bonds. The van der Waals surface area contributed by atoms with Crippen LogP contribution in [0.5, 0.6) is 5.75 Å². The predicted molar refractivity (Wildman–Crippen MR) is 96.9 cm³/mol. The maximum absolute atomic E-state index is 6.18. The van der Waals surface area contributed by atoms with Crippen LogP contribution < -0.4 is 4.74 Å². The molecule has 0 N–H and O–H groups in total. The van der Waals surface area contributed by atoms with Gasteiger partial charge in [-0.1, -0.05) is 25.6 Å². The molecule has 6 heteroatoms. The molecule has 1 aromatic carbocycles. The molecule has 134 valence electrons. The number of benzene rings is 1. The Morgan fingerprint density at radius 1 is 1.29 bits per heavy atom. The lowest BCUT2D eigenvalue weighted by molar-refractivity contribution is -0.422. The highest BCUT2D eigenvalue weighted by atomic mass is 28.4. The fourth-order valence-electron chi connectivity index (χ4n) is 2.52. The standard InChI is InChI=1S/C18H29NO4Si/c1-8-24(6,7)23-19-14(2)17(13-18(3,21-5)22-19)15-9-11-16(20-4)12-10-15/h9-12,17H,2,8,13H2,1,3-7H3/t17-,18+/m0/s1. The quantitative estimate of drug-likeness (QED) is 0.708. The maximum Gasteiger partial charge on any atom is 0.226 e. The Morgan fingerprint density at radius 2 is 1.92 bits per heavy atom. The molecule has 2 atom stereocenters. The number of ether oxygens (including phenoxy) is 2. The van der Waals surface area contributed by atoms with Crippen molar-refractivity contribution in [1.29, 1.82) is 0 Å². The van der Waals surface area contributed by atoms with Crippen molar-refractivity contribution in [1.82, 2.24) is 5.23 Å². The summed E-state index contributed by atoms with van der Waals surface area (Å²) in [4.78, 5) is 5.97. The number of hydrogen-bond donors (Lipinski definition) is 0. The summed E-state index contributed by atoms with van der Waals surface area (Å²) in [5, 5.41) is 1.50. The van der Waals surface area contributed by atoms with Crippen molar-refractivity contribution in [3.63, 3.8) is 0 Å². The first kappa shape index (κ1) is 19.0. The topological polar surface area (TPSA) is 40.2 Å². The van der Waals surface area contributed by atoms with Crippen LogP contribution in [-0.4, -0.2) is 33.6 Å². The zero-order chi connectivity index (χ0) is 18.0. The van der Waals surface area contributed by atoms with Crippen molar-refractivity contribution < 1.29 is 18.8 Å². The molecule has 0 radical (unpaired) electrons. The van der Waals surface area contributed by atoms with Crippen LogP contribution in [0.15, 0.2) is 36.5 Å². The lowest BCUT2D eigenvalue weighted by atomic mass is 9.88. The van der Waals surface area contributed by atoms with Crippen LogP contribution in [0.1, 0.15) is 31.7 Å². The van der Waals surface area contributed by atoms with Gasteiger partial charge in [0.15, 0.2) is 5.79 Å². The van der Waals surface area contributed by atoms with Crippen molar-refractivity contribution in [3.8, 4) is 5.75 Å². The van der Waals surface area contributed by atoms with Gasteiger partial charge in [-0.15, -0.1) is 5.23 Å². The van der Waals surface area contributed by atoms with Gasteiger partial charge in [-0.25, -0.2) is 4.84 Å². The third-order valence-electron chi connectivity index (χ3n) is 4.62. The first-order valence-electron chi connectivity index (χ1n) is 8.30. The van der Waals surface area contributed by atoms with Gasteiger partial charge < -0.3 is 9.47 Å². The largest absolute Gasteiger partial charge is 0.497 e. The minimum absolute atomic E-state index is 0.0521. The van der Waals surface area contributed by atoms with Crippen LogP contribution in [0.3, 0.4) is 0 Å². The van der Waals surface area contributed by atoms with Gasteiger partial charge in [0, 0.05) is 19.4 Å². The molecule has 0 aromatic heterocycles. The Bertz CT molecular complexity index is 573. The summed E-state index contributed by atoms with van der Waals surface area (Å²) >= 11 is 0. The first-order valence-corrected chi connectivity index (χ1v) is 11.4. The second-order valence-corrected chi connectivity index (χ2v) is 11.3. The SMILES string of the molecule is C=C1[C@@H](c2ccc(OC)cc2)C[C@](C)(OC)ON1O[Si](C)(C)CC. The van der Waals surface area contributed by atoms with E-state index >= 15 is 0 Å². The number of methoxy groups -OCH3 is 2. The Hall–Kier alpha value is -1.34. The Labute approximate surface area is 146 Å². The molecule has 24 heavy (non-hydrogen) atoms. The van der Waals surface area contributed by atoms with E-state index in [0.717, 1.165) is 23.1 Å². The minimum atomic E-state index is -1.86. The molecular formula is C18H29NO4Si. The molecule has 2 rings (SSSR count). The van der Waals surface area contributed by atoms with Crippen molar-refractivity contribution in [2.75, 3.05) is 14.2 Å². The van der Waals surface area contributed by atoms with Crippen molar-refractivity contribution in [3.05, 3.63) is 42.1 Å². The average Bonchev–Trinajstić information content (AvgIpc) is 2.58. The minimum Gasteiger partial charge on any atom is -0.497 e. The van der Waals surface area contributed by atoms with E-state index in [1.54, 1.807) is 14.2 Å². The molecule has 0 saturated carbocycles. The fourth-order valence-corrected chi connectivity index (χ4v) is 3.25. The molecule has 1 saturated heterocycles. The summed E-state index contributed by atoms with van der Waals surface area (Å²) in [5.74, 6) is 0.124. The molecule has 5 nitrogen and oxygen atoms in total. The highest BCUT2D eigenvalue weighted by Crippen LogP contribution is 2.42. The third-order valence-corrected chi connectivity index (χ3v) is 6.98. The van der Waals surface area contributed by atoms with Gasteiger partial charge in [-0.2, -0.15) is 0 Å². The molecule has 1 aromatic rings. The molecule has 1 heterocycles. The Morgan fingerprint density at radius 3 is 2.42 bits per heavy atom. The van der Waals surface area contributed by atoms with E-state index in [2.05, 4.69) is 38.7 Å². The van der Waals surface area contributed by atoms with E-state index in [1.807, 2.05) is 19.1 Å². The predicted octanol–water partition coefficient (Wildman–Crippen LogP) is 4.45. The van der Waals surface area contributed by atoms with Crippen LogP contribution in [-0.2, 0) is 14.1 Å². The van der Waals surface area contributed by atoms with Crippen molar-refractivity contribution >= 4 is 8.32 Å². The van der Waals surface area contributed by atoms with Gasteiger partial charge in [0.2, 0.25) is 8.32 Å². The summed E-state index contributed by atoms with van der Waals surface area (Å²) in [5.41, 5.74) is 1.93. The lowest BCUT2D eigenvalue weighted by Gasteiger charge is -2.45. The number of rotatable bonds is 6. The Kier molecular flexibility index (Phi) is 5.75. The van der Waals surface area contributed by atoms with Gasteiger partial charge >= 0.3 is 0 Å². The second kappa shape index (κ2) is 7.27. The smallest absolute Gasteiger partial charge is 0.226 e. The molecule has 1 aliphatic heterocycles. The number of nitrogens with zero attached hydrogens (tertiary/aromatic N) is 1. The van der Waals surface area contributed by atoms with Crippen LogP contribution >= 0.6 is 0 Å². The van der Waals surface area contributed by atoms with Gasteiger partial charge in [-0.05, 0) is 43.8 Å². The molecule has 0 spiro atoms. The van der Waals surface area contributed by atoms with Crippen LogP contribution in [0.2, 0.25) is 19.1 Å². The molecular weight excluding hydrogens is 322 g/mol. The van der Waals surface area contributed by atoms with E-state index in [9.17, 15) is 0 Å². The highest BCUT2D eigenvalue weighted by molar-refractivity contribution is 6.70. The van der Waals surface area contributed by atoms with Crippen LogP contribution in [0.4, 0.5) is 0 Å². The molecule has 0 aliphatic carbocycles. The summed E-state index contributed by atoms with van der Waals surface area (Å²) in [6, 6.07) is 9.00. The van der Waals surface area contributed by atoms with Crippen molar-refractivity contribution in [2.24, 2.45) is 0 Å². The van der Waals surface area contributed by atoms with Gasteiger partial charge in [0.1, 0.15) is 5.75 Å². The number of hydrogen-bond acceptors (Lipinski definition) is 5. The number of hydroxylamine groups is 2. The maximum atomic E-state index is 6.18. The summed E-state index contributed by atoms with van der Waals surface area (Å²) in [6.45, 7) is 12.6. The summed E-state index contributed by atoms with van der Waals surface area (Å²) < 4.78 is 17.0. The highest BCUT2D eigenvalue weighted by Gasteiger charge is 2.43. The van der Waals surface area contributed by atoms with E-state index in [4.69, 9.17) is 18.8 Å². The van der Waals surface area contributed by atoms with Crippen molar-refractivity contribution in [2.45, 2.75) is 51.1 Å². The third kappa shape index (κ3) is 4.19. The van der Waals surface area contributed by atoms with Gasteiger partial charge in [0.25, 0.3) is 0 Å². The normalized spacial score (nSPS) is 25.0. The summed E-state index contributed by atoms with van der Waals surface area (Å²) in [7, 11) is 1.45.